The standard InChI is InChI=1S/C17H19NO2/c1-3-12-18-15(9-11-17(19)20)8-10-16(18)14-6-4-13(2)5-7-14/h3-8,10H,1,9,11-12H2,2H3,(H,19,20)/p-1. The number of hydrogen-bond acceptors (Lipinski definition) is 2. The molecular weight excluding hydrogens is 250 g/mol. The van der Waals surface area contributed by atoms with E-state index in [0.717, 1.165) is 17.0 Å². The van der Waals surface area contributed by atoms with E-state index in [1.165, 1.54) is 5.56 Å². The molecule has 0 saturated carbocycles. The highest BCUT2D eigenvalue weighted by atomic mass is 16.4. The Morgan fingerprint density at radius 1 is 1.25 bits per heavy atom. The molecule has 104 valence electrons. The Balaban J connectivity index is 2.35. The molecule has 1 aromatic heterocycles. The Morgan fingerprint density at radius 3 is 2.55 bits per heavy atom. The second-order valence-corrected chi connectivity index (χ2v) is 4.85. The van der Waals surface area contributed by atoms with E-state index < -0.39 is 5.97 Å². The van der Waals surface area contributed by atoms with Crippen molar-refractivity contribution >= 4 is 5.97 Å². The molecule has 2 rings (SSSR count). The van der Waals surface area contributed by atoms with Gasteiger partial charge in [0, 0.05) is 23.9 Å². The van der Waals surface area contributed by atoms with E-state index >= 15 is 0 Å². The predicted molar refractivity (Wildman–Crippen MR) is 78.1 cm³/mol. The van der Waals surface area contributed by atoms with Crippen LogP contribution in [0.4, 0.5) is 0 Å². The predicted octanol–water partition coefficient (Wildman–Crippen LogP) is 2.33. The highest BCUT2D eigenvalue weighted by Crippen LogP contribution is 2.24. The van der Waals surface area contributed by atoms with E-state index in [1.807, 2.05) is 18.2 Å². The number of aryl methyl sites for hydroxylation is 2. The summed E-state index contributed by atoms with van der Waals surface area (Å²) in [6, 6.07) is 12.3. The Hall–Kier alpha value is -2.29. The first-order chi connectivity index (χ1) is 9.61. The molecular formula is C17H18NO2-. The van der Waals surface area contributed by atoms with Crippen LogP contribution in [0, 0.1) is 6.92 Å². The maximum absolute atomic E-state index is 10.6. The van der Waals surface area contributed by atoms with Gasteiger partial charge in [-0.15, -0.1) is 6.58 Å². The molecule has 0 aliphatic heterocycles. The van der Waals surface area contributed by atoms with E-state index in [1.54, 1.807) is 0 Å². The smallest absolute Gasteiger partial charge is 0.0485 e. The van der Waals surface area contributed by atoms with E-state index in [4.69, 9.17) is 0 Å². The molecule has 0 fully saturated rings. The topological polar surface area (TPSA) is 45.1 Å². The average Bonchev–Trinajstić information content (AvgIpc) is 2.81. The second kappa shape index (κ2) is 6.24. The number of carboxylic acids is 1. The van der Waals surface area contributed by atoms with Gasteiger partial charge < -0.3 is 14.5 Å². The number of nitrogens with zero attached hydrogens (tertiary/aromatic N) is 1. The first-order valence-electron chi connectivity index (χ1n) is 6.68. The second-order valence-electron chi connectivity index (χ2n) is 4.85. The third kappa shape index (κ3) is 3.18. The normalized spacial score (nSPS) is 10.4. The fourth-order valence-corrected chi connectivity index (χ4v) is 2.28. The van der Waals surface area contributed by atoms with Crippen LogP contribution < -0.4 is 5.11 Å². The van der Waals surface area contributed by atoms with Crippen LogP contribution in [0.15, 0.2) is 49.1 Å². The van der Waals surface area contributed by atoms with Crippen LogP contribution in [0.5, 0.6) is 0 Å². The van der Waals surface area contributed by atoms with E-state index in [0.29, 0.717) is 13.0 Å². The number of allylic oxidation sites excluding steroid dienone is 1. The third-order valence-corrected chi connectivity index (χ3v) is 3.32. The molecule has 1 aromatic carbocycles. The van der Waals surface area contributed by atoms with Crippen LogP contribution in [0.3, 0.4) is 0 Å². The number of aliphatic carboxylic acids is 1. The summed E-state index contributed by atoms with van der Waals surface area (Å²) in [5.74, 6) is -1.02. The SMILES string of the molecule is C=CCn1c(CCC(=O)[O-])ccc1-c1ccc(C)cc1. The van der Waals surface area contributed by atoms with Crippen LogP contribution in [-0.4, -0.2) is 10.5 Å². The number of carbonyl (C=O) groups excluding carboxylic acids is 1. The lowest BCUT2D eigenvalue weighted by Gasteiger charge is -2.12. The summed E-state index contributed by atoms with van der Waals surface area (Å²) in [5, 5.41) is 10.6. The van der Waals surface area contributed by atoms with Crippen molar-refractivity contribution in [2.24, 2.45) is 0 Å². The van der Waals surface area contributed by atoms with Crippen molar-refractivity contribution < 1.29 is 9.90 Å². The van der Waals surface area contributed by atoms with E-state index in [-0.39, 0.29) is 6.42 Å². The zero-order chi connectivity index (χ0) is 14.5. The van der Waals surface area contributed by atoms with Gasteiger partial charge in [-0.05, 0) is 37.5 Å². The Bertz CT molecular complexity index is 608. The van der Waals surface area contributed by atoms with Crippen molar-refractivity contribution in [1.82, 2.24) is 4.57 Å². The highest BCUT2D eigenvalue weighted by Gasteiger charge is 2.09. The molecule has 20 heavy (non-hydrogen) atoms. The van der Waals surface area contributed by atoms with Gasteiger partial charge in [-0.3, -0.25) is 0 Å². The highest BCUT2D eigenvalue weighted by molar-refractivity contribution is 5.65. The van der Waals surface area contributed by atoms with Crippen LogP contribution in [-0.2, 0) is 17.8 Å². The fourth-order valence-electron chi connectivity index (χ4n) is 2.28. The minimum atomic E-state index is -1.02. The minimum Gasteiger partial charge on any atom is -0.550 e. The number of carbonyl (C=O) groups is 1. The average molecular weight is 268 g/mol. The Morgan fingerprint density at radius 2 is 1.95 bits per heavy atom. The van der Waals surface area contributed by atoms with Crippen molar-refractivity contribution in [1.29, 1.82) is 0 Å². The van der Waals surface area contributed by atoms with Crippen molar-refractivity contribution in [3.63, 3.8) is 0 Å². The summed E-state index contributed by atoms with van der Waals surface area (Å²) in [7, 11) is 0. The van der Waals surface area contributed by atoms with Crippen LogP contribution in [0.2, 0.25) is 0 Å². The molecule has 0 bridgehead atoms. The van der Waals surface area contributed by atoms with Crippen LogP contribution in [0.25, 0.3) is 11.3 Å². The van der Waals surface area contributed by atoms with Gasteiger partial charge in [-0.25, -0.2) is 0 Å². The molecule has 0 saturated heterocycles. The van der Waals surface area contributed by atoms with Gasteiger partial charge >= 0.3 is 0 Å². The summed E-state index contributed by atoms with van der Waals surface area (Å²) in [4.78, 5) is 10.6. The maximum atomic E-state index is 10.6. The molecule has 0 unspecified atom stereocenters. The van der Waals surface area contributed by atoms with Crippen molar-refractivity contribution in [2.45, 2.75) is 26.3 Å². The molecule has 3 nitrogen and oxygen atoms in total. The fraction of sp³-hybridized carbons (Fsp3) is 0.235. The van der Waals surface area contributed by atoms with Gasteiger partial charge in [0.2, 0.25) is 0 Å². The molecule has 0 aliphatic rings. The molecule has 0 amide bonds. The first-order valence-corrected chi connectivity index (χ1v) is 6.68. The summed E-state index contributed by atoms with van der Waals surface area (Å²) < 4.78 is 2.10. The van der Waals surface area contributed by atoms with Crippen LogP contribution in [0.1, 0.15) is 17.7 Å². The lowest BCUT2D eigenvalue weighted by Crippen LogP contribution is -2.22. The molecule has 0 aliphatic carbocycles. The Kier molecular flexibility index (Phi) is 4.41. The zero-order valence-corrected chi connectivity index (χ0v) is 11.6. The molecule has 2 aromatic rings. The third-order valence-electron chi connectivity index (χ3n) is 3.32. The molecule has 0 N–H and O–H groups in total. The largest absolute Gasteiger partial charge is 0.550 e. The molecule has 0 radical (unpaired) electrons. The van der Waals surface area contributed by atoms with Gasteiger partial charge in [0.15, 0.2) is 0 Å². The van der Waals surface area contributed by atoms with E-state index in [9.17, 15) is 9.90 Å². The van der Waals surface area contributed by atoms with Gasteiger partial charge in [0.25, 0.3) is 0 Å². The molecule has 0 atom stereocenters. The number of benzene rings is 1. The van der Waals surface area contributed by atoms with E-state index in [2.05, 4.69) is 42.3 Å². The van der Waals surface area contributed by atoms with Crippen molar-refractivity contribution in [3.05, 3.63) is 60.3 Å². The van der Waals surface area contributed by atoms with Gasteiger partial charge in [0.1, 0.15) is 0 Å². The first kappa shape index (κ1) is 14.1. The molecule has 0 spiro atoms. The van der Waals surface area contributed by atoms with Crippen LogP contribution >= 0.6 is 0 Å². The summed E-state index contributed by atoms with van der Waals surface area (Å²) in [6.07, 6.45) is 2.33. The Labute approximate surface area is 119 Å². The lowest BCUT2D eigenvalue weighted by molar-refractivity contribution is -0.305. The monoisotopic (exact) mass is 268 g/mol. The number of rotatable bonds is 6. The maximum Gasteiger partial charge on any atom is 0.0485 e. The summed E-state index contributed by atoms with van der Waals surface area (Å²) >= 11 is 0. The number of aromatic nitrogens is 1. The molecule has 3 heteroatoms. The summed E-state index contributed by atoms with van der Waals surface area (Å²) in [5.41, 5.74) is 4.41. The zero-order valence-electron chi connectivity index (χ0n) is 11.6. The van der Waals surface area contributed by atoms with Gasteiger partial charge in [0.05, 0.1) is 0 Å². The minimum absolute atomic E-state index is 0.0362. The van der Waals surface area contributed by atoms with Crippen molar-refractivity contribution in [2.75, 3.05) is 0 Å². The number of hydrogen-bond donors (Lipinski definition) is 0. The number of carboxylic acid groups (broad SMARTS) is 1. The molecule has 1 heterocycles. The summed E-state index contributed by atoms with van der Waals surface area (Å²) in [6.45, 7) is 6.49. The lowest BCUT2D eigenvalue weighted by atomic mass is 10.1. The van der Waals surface area contributed by atoms with Gasteiger partial charge in [-0.1, -0.05) is 35.9 Å². The quantitative estimate of drug-likeness (QED) is 0.755. The van der Waals surface area contributed by atoms with Gasteiger partial charge in [-0.2, -0.15) is 0 Å². The van der Waals surface area contributed by atoms with Crippen molar-refractivity contribution in [3.8, 4) is 11.3 Å².